The summed E-state index contributed by atoms with van der Waals surface area (Å²) in [4.78, 5) is 23.2. The molecule has 0 atom stereocenters. The molecule has 1 rings (SSSR count). The van der Waals surface area contributed by atoms with Crippen LogP contribution in [0.1, 0.15) is 26.3 Å². The number of nitrogens with one attached hydrogen (secondary N) is 2. The maximum Gasteiger partial charge on any atom is 0.408 e. The molecule has 0 saturated heterocycles. The van der Waals surface area contributed by atoms with E-state index >= 15 is 0 Å². The van der Waals surface area contributed by atoms with Crippen LogP contribution in [0, 0.1) is 6.92 Å². The Balaban J connectivity index is 2.59. The van der Waals surface area contributed by atoms with Crippen molar-refractivity contribution in [3.8, 4) is 5.75 Å². The van der Waals surface area contributed by atoms with Crippen molar-refractivity contribution in [1.29, 1.82) is 0 Å². The molecular weight excluding hydrogens is 310 g/mol. The highest BCUT2D eigenvalue weighted by molar-refractivity contribution is 5.94. The summed E-state index contributed by atoms with van der Waals surface area (Å²) in [6.45, 7) is 3.37. The van der Waals surface area contributed by atoms with Crippen LogP contribution in [0.15, 0.2) is 18.2 Å². The van der Waals surface area contributed by atoms with Crippen LogP contribution in [-0.4, -0.2) is 30.8 Å². The Morgan fingerprint density at radius 1 is 1.26 bits per heavy atom. The number of hydrogen-bond donors (Lipinski definition) is 2. The molecular formula is C15H20F2N2O4. The number of carbonyl (C=O) groups excluding carboxylic acids is 2. The molecule has 0 spiro atoms. The van der Waals surface area contributed by atoms with E-state index in [0.717, 1.165) is 0 Å². The Morgan fingerprint density at radius 2 is 1.91 bits per heavy atom. The molecule has 0 heterocycles. The van der Waals surface area contributed by atoms with Crippen molar-refractivity contribution >= 4 is 17.7 Å². The fourth-order valence-corrected chi connectivity index (χ4v) is 1.63. The molecule has 1 aromatic carbocycles. The minimum atomic E-state index is -2.95. The maximum absolute atomic E-state index is 12.3. The molecule has 8 heteroatoms. The molecule has 0 radical (unpaired) electrons. The summed E-state index contributed by atoms with van der Waals surface area (Å²) in [5.74, 6) is -0.550. The van der Waals surface area contributed by atoms with E-state index < -0.39 is 24.2 Å². The summed E-state index contributed by atoms with van der Waals surface area (Å²) in [5.41, 5.74) is 0.00973. The molecule has 0 aliphatic carbocycles. The zero-order chi connectivity index (χ0) is 17.6. The number of ether oxygens (including phenoxy) is 2. The molecule has 6 nitrogen and oxygen atoms in total. The highest BCUT2D eigenvalue weighted by atomic mass is 19.3. The second kappa shape index (κ2) is 7.75. The van der Waals surface area contributed by atoms with Crippen LogP contribution in [0.3, 0.4) is 0 Å². The van der Waals surface area contributed by atoms with Gasteiger partial charge in [-0.15, -0.1) is 0 Å². The number of hydrogen-bond acceptors (Lipinski definition) is 4. The van der Waals surface area contributed by atoms with Crippen LogP contribution in [0.2, 0.25) is 0 Å². The van der Waals surface area contributed by atoms with Gasteiger partial charge in [0.15, 0.2) is 0 Å². The summed E-state index contributed by atoms with van der Waals surface area (Å²) < 4.78 is 33.9. The lowest BCUT2D eigenvalue weighted by atomic mass is 10.2. The zero-order valence-electron chi connectivity index (χ0n) is 13.4. The van der Waals surface area contributed by atoms with Gasteiger partial charge in [-0.1, -0.05) is 6.07 Å². The van der Waals surface area contributed by atoms with E-state index in [-0.39, 0.29) is 12.3 Å². The van der Waals surface area contributed by atoms with Gasteiger partial charge in [-0.3, -0.25) is 4.79 Å². The first-order valence-electron chi connectivity index (χ1n) is 6.89. The van der Waals surface area contributed by atoms with Crippen LogP contribution in [0.5, 0.6) is 5.75 Å². The van der Waals surface area contributed by atoms with Gasteiger partial charge >= 0.3 is 12.7 Å². The van der Waals surface area contributed by atoms with Crippen molar-refractivity contribution in [2.45, 2.75) is 39.9 Å². The first kappa shape index (κ1) is 18.7. The summed E-state index contributed by atoms with van der Waals surface area (Å²) in [7, 11) is 0. The Labute approximate surface area is 133 Å². The van der Waals surface area contributed by atoms with Crippen molar-refractivity contribution in [3.05, 3.63) is 23.8 Å². The lowest BCUT2D eigenvalue weighted by Gasteiger charge is -2.19. The van der Waals surface area contributed by atoms with Gasteiger partial charge in [0.1, 0.15) is 17.9 Å². The van der Waals surface area contributed by atoms with Gasteiger partial charge in [0.25, 0.3) is 0 Å². The van der Waals surface area contributed by atoms with Crippen molar-refractivity contribution in [2.24, 2.45) is 0 Å². The standard InChI is InChI=1S/C15H20F2N2O4/c1-9-10(6-5-7-11(9)22-13(16)17)19-12(20)8-18-14(21)23-15(2,3)4/h5-7,13H,8H2,1-4H3,(H,18,21)(H,19,20). The number of carbonyl (C=O) groups is 2. The SMILES string of the molecule is Cc1c(NC(=O)CNC(=O)OC(C)(C)C)cccc1OC(F)F. The number of benzene rings is 1. The van der Waals surface area contributed by atoms with Gasteiger partial charge in [-0.05, 0) is 39.8 Å². The molecule has 0 fully saturated rings. The number of alkyl halides is 2. The maximum atomic E-state index is 12.3. The first-order valence-corrected chi connectivity index (χ1v) is 6.89. The minimum Gasteiger partial charge on any atom is -0.444 e. The predicted molar refractivity (Wildman–Crippen MR) is 80.7 cm³/mol. The van der Waals surface area contributed by atoms with Crippen LogP contribution < -0.4 is 15.4 Å². The molecule has 0 saturated carbocycles. The van der Waals surface area contributed by atoms with Gasteiger partial charge in [-0.2, -0.15) is 8.78 Å². The molecule has 0 unspecified atom stereocenters. The lowest BCUT2D eigenvalue weighted by molar-refractivity contribution is -0.115. The smallest absolute Gasteiger partial charge is 0.408 e. The fourth-order valence-electron chi connectivity index (χ4n) is 1.63. The van der Waals surface area contributed by atoms with Crippen LogP contribution in [-0.2, 0) is 9.53 Å². The second-order valence-electron chi connectivity index (χ2n) is 5.71. The average Bonchev–Trinajstić information content (AvgIpc) is 2.38. The summed E-state index contributed by atoms with van der Waals surface area (Å²) in [5, 5.41) is 4.81. The largest absolute Gasteiger partial charge is 0.444 e. The van der Waals surface area contributed by atoms with E-state index in [1.54, 1.807) is 26.8 Å². The van der Waals surface area contributed by atoms with Crippen LogP contribution in [0.4, 0.5) is 19.3 Å². The van der Waals surface area contributed by atoms with Gasteiger partial charge in [0, 0.05) is 11.3 Å². The Morgan fingerprint density at radius 3 is 2.48 bits per heavy atom. The Kier molecular flexibility index (Phi) is 6.29. The first-order chi connectivity index (χ1) is 10.6. The van der Waals surface area contributed by atoms with E-state index in [1.807, 2.05) is 0 Å². The minimum absolute atomic E-state index is 0.0297. The fraction of sp³-hybridized carbons (Fsp3) is 0.467. The van der Waals surface area contributed by atoms with E-state index in [4.69, 9.17) is 4.74 Å². The molecule has 1 aromatic rings. The number of anilines is 1. The molecule has 0 aromatic heterocycles. The monoisotopic (exact) mass is 330 g/mol. The van der Waals surface area contributed by atoms with Crippen molar-refractivity contribution < 1.29 is 27.8 Å². The van der Waals surface area contributed by atoms with Gasteiger partial charge in [0.2, 0.25) is 5.91 Å². The second-order valence-corrected chi connectivity index (χ2v) is 5.71. The number of halogens is 2. The zero-order valence-corrected chi connectivity index (χ0v) is 13.4. The molecule has 128 valence electrons. The topological polar surface area (TPSA) is 76.7 Å². The molecule has 23 heavy (non-hydrogen) atoms. The van der Waals surface area contributed by atoms with E-state index in [2.05, 4.69) is 15.4 Å². The third kappa shape index (κ3) is 6.94. The normalized spacial score (nSPS) is 11.1. The summed E-state index contributed by atoms with van der Waals surface area (Å²) in [6, 6.07) is 4.39. The number of amides is 2. The van der Waals surface area contributed by atoms with Gasteiger partial charge < -0.3 is 20.1 Å². The summed E-state index contributed by atoms with van der Waals surface area (Å²) in [6.07, 6.45) is -0.723. The highest BCUT2D eigenvalue weighted by Crippen LogP contribution is 2.26. The highest BCUT2D eigenvalue weighted by Gasteiger charge is 2.17. The van der Waals surface area contributed by atoms with Crippen LogP contribution >= 0.6 is 0 Å². The van der Waals surface area contributed by atoms with E-state index in [1.165, 1.54) is 19.1 Å². The molecule has 2 N–H and O–H groups in total. The lowest BCUT2D eigenvalue weighted by Crippen LogP contribution is -2.37. The van der Waals surface area contributed by atoms with E-state index in [0.29, 0.717) is 11.3 Å². The van der Waals surface area contributed by atoms with Crippen molar-refractivity contribution in [2.75, 3.05) is 11.9 Å². The molecule has 0 bridgehead atoms. The average molecular weight is 330 g/mol. The van der Waals surface area contributed by atoms with Gasteiger partial charge in [-0.25, -0.2) is 4.79 Å². The quantitative estimate of drug-likeness (QED) is 0.870. The van der Waals surface area contributed by atoms with Crippen molar-refractivity contribution in [1.82, 2.24) is 5.32 Å². The summed E-state index contributed by atoms with van der Waals surface area (Å²) >= 11 is 0. The third-order valence-corrected chi connectivity index (χ3v) is 2.57. The third-order valence-electron chi connectivity index (χ3n) is 2.57. The molecule has 0 aliphatic heterocycles. The number of alkyl carbamates (subject to hydrolysis) is 1. The van der Waals surface area contributed by atoms with Crippen LogP contribution in [0.25, 0.3) is 0 Å². The van der Waals surface area contributed by atoms with E-state index in [9.17, 15) is 18.4 Å². The Bertz CT molecular complexity index is 571. The number of rotatable bonds is 5. The predicted octanol–water partition coefficient (Wildman–Crippen LogP) is 3.06. The van der Waals surface area contributed by atoms with Crippen molar-refractivity contribution in [3.63, 3.8) is 0 Å². The molecule has 2 amide bonds. The Hall–Kier alpha value is -2.38. The van der Waals surface area contributed by atoms with Gasteiger partial charge in [0.05, 0.1) is 0 Å². The molecule has 0 aliphatic rings.